The maximum absolute atomic E-state index is 12.6. The molecule has 5 nitrogen and oxygen atoms in total. The molecule has 3 rings (SSSR count). The molecule has 0 aliphatic rings. The van der Waals surface area contributed by atoms with E-state index in [0.717, 1.165) is 11.1 Å². The number of methoxy groups -OCH3 is 1. The summed E-state index contributed by atoms with van der Waals surface area (Å²) in [6, 6.07) is 27.2. The highest BCUT2D eigenvalue weighted by atomic mass is 32.2. The maximum Gasteiger partial charge on any atom is 0.343 e. The van der Waals surface area contributed by atoms with Crippen LogP contribution in [-0.2, 0) is 14.3 Å². The summed E-state index contributed by atoms with van der Waals surface area (Å²) in [6.45, 7) is -0.181. The summed E-state index contributed by atoms with van der Waals surface area (Å²) in [5, 5.41) is 2.95. The van der Waals surface area contributed by atoms with Crippen molar-refractivity contribution in [2.75, 3.05) is 24.8 Å². The van der Waals surface area contributed by atoms with Gasteiger partial charge in [-0.3, -0.25) is 4.79 Å². The summed E-state index contributed by atoms with van der Waals surface area (Å²) in [4.78, 5) is 23.8. The van der Waals surface area contributed by atoms with Gasteiger partial charge in [0.05, 0.1) is 18.1 Å². The average molecular weight is 422 g/mol. The maximum atomic E-state index is 12.6. The van der Waals surface area contributed by atoms with Gasteiger partial charge in [0.2, 0.25) is 5.91 Å². The van der Waals surface area contributed by atoms with Crippen LogP contribution in [0.4, 0.5) is 5.69 Å². The number of nitrogens with one attached hydrogen (secondary N) is 1. The van der Waals surface area contributed by atoms with E-state index in [-0.39, 0.29) is 17.8 Å². The molecule has 3 aromatic rings. The molecule has 0 aromatic heterocycles. The fraction of sp³-hybridized carbons (Fsp3) is 0.167. The first kappa shape index (κ1) is 21.5. The molecule has 154 valence electrons. The Balaban J connectivity index is 1.62. The number of amides is 1. The van der Waals surface area contributed by atoms with E-state index in [0.29, 0.717) is 17.2 Å². The van der Waals surface area contributed by atoms with Crippen molar-refractivity contribution in [3.8, 4) is 5.75 Å². The number of esters is 1. The number of anilines is 1. The van der Waals surface area contributed by atoms with Crippen LogP contribution < -0.4 is 10.1 Å². The summed E-state index contributed by atoms with van der Waals surface area (Å²) in [5.41, 5.74) is 2.92. The molecule has 6 heteroatoms. The van der Waals surface area contributed by atoms with Crippen LogP contribution in [0.2, 0.25) is 0 Å². The quantitative estimate of drug-likeness (QED) is 0.508. The Morgan fingerprint density at radius 2 is 1.53 bits per heavy atom. The fourth-order valence-electron chi connectivity index (χ4n) is 2.86. The van der Waals surface area contributed by atoms with Crippen molar-refractivity contribution < 1.29 is 19.1 Å². The van der Waals surface area contributed by atoms with Gasteiger partial charge in [0.15, 0.2) is 6.61 Å². The van der Waals surface area contributed by atoms with E-state index in [9.17, 15) is 9.59 Å². The SMILES string of the molecule is COC(=O)COc1cccc(NC(=O)CSC(c2ccccc2)c2ccccc2)c1. The molecule has 0 aliphatic heterocycles. The van der Waals surface area contributed by atoms with E-state index >= 15 is 0 Å². The zero-order valence-electron chi connectivity index (χ0n) is 16.6. The third kappa shape index (κ3) is 6.39. The molecule has 0 aliphatic carbocycles. The minimum absolute atomic E-state index is 0.0628. The second-order valence-electron chi connectivity index (χ2n) is 6.45. The molecule has 1 amide bonds. The molecule has 0 spiro atoms. The van der Waals surface area contributed by atoms with Crippen LogP contribution in [0.15, 0.2) is 84.9 Å². The molecular weight excluding hydrogens is 398 g/mol. The summed E-state index contributed by atoms with van der Waals surface area (Å²) in [5.74, 6) is 0.204. The Morgan fingerprint density at radius 1 is 0.900 bits per heavy atom. The molecule has 0 atom stereocenters. The van der Waals surface area contributed by atoms with Crippen LogP contribution in [0.3, 0.4) is 0 Å². The van der Waals surface area contributed by atoms with E-state index in [1.807, 2.05) is 36.4 Å². The largest absolute Gasteiger partial charge is 0.482 e. The van der Waals surface area contributed by atoms with Gasteiger partial charge in [0.25, 0.3) is 0 Å². The topological polar surface area (TPSA) is 64.6 Å². The third-order valence-corrected chi connectivity index (χ3v) is 5.59. The van der Waals surface area contributed by atoms with Gasteiger partial charge in [-0.25, -0.2) is 4.79 Å². The Kier molecular flexibility index (Phi) is 7.92. The molecule has 0 radical (unpaired) electrons. The van der Waals surface area contributed by atoms with Crippen molar-refractivity contribution in [3.05, 3.63) is 96.1 Å². The van der Waals surface area contributed by atoms with Crippen molar-refractivity contribution in [1.82, 2.24) is 0 Å². The van der Waals surface area contributed by atoms with E-state index in [4.69, 9.17) is 4.74 Å². The molecule has 30 heavy (non-hydrogen) atoms. The summed E-state index contributed by atoms with van der Waals surface area (Å²) in [6.07, 6.45) is 0. The third-order valence-electron chi connectivity index (χ3n) is 4.29. The van der Waals surface area contributed by atoms with Crippen LogP contribution in [0.25, 0.3) is 0 Å². The highest BCUT2D eigenvalue weighted by Crippen LogP contribution is 2.35. The van der Waals surface area contributed by atoms with Gasteiger partial charge in [-0.05, 0) is 23.3 Å². The minimum Gasteiger partial charge on any atom is -0.482 e. The number of carbonyl (C=O) groups excluding carboxylic acids is 2. The number of thioether (sulfide) groups is 1. The first-order valence-corrected chi connectivity index (χ1v) is 10.5. The standard InChI is InChI=1S/C24H23NO4S/c1-28-23(27)16-29-21-14-8-13-20(15-21)25-22(26)17-30-24(18-9-4-2-5-10-18)19-11-6-3-7-12-19/h2-15,24H,16-17H2,1H3,(H,25,26). The Labute approximate surface area is 180 Å². The van der Waals surface area contributed by atoms with Crippen molar-refractivity contribution in [2.45, 2.75) is 5.25 Å². The lowest BCUT2D eigenvalue weighted by Crippen LogP contribution is -2.16. The van der Waals surface area contributed by atoms with Gasteiger partial charge >= 0.3 is 5.97 Å². The highest BCUT2D eigenvalue weighted by Gasteiger charge is 2.16. The summed E-state index contributed by atoms with van der Waals surface area (Å²) < 4.78 is 9.92. The smallest absolute Gasteiger partial charge is 0.343 e. The van der Waals surface area contributed by atoms with Gasteiger partial charge in [-0.1, -0.05) is 66.7 Å². The van der Waals surface area contributed by atoms with Crippen molar-refractivity contribution in [1.29, 1.82) is 0 Å². The zero-order chi connectivity index (χ0) is 21.2. The van der Waals surface area contributed by atoms with Crippen LogP contribution in [0, 0.1) is 0 Å². The van der Waals surface area contributed by atoms with Gasteiger partial charge in [-0.15, -0.1) is 11.8 Å². The van der Waals surface area contributed by atoms with E-state index in [1.54, 1.807) is 36.0 Å². The van der Waals surface area contributed by atoms with Crippen LogP contribution in [-0.4, -0.2) is 31.3 Å². The Morgan fingerprint density at radius 3 is 2.13 bits per heavy atom. The number of benzene rings is 3. The van der Waals surface area contributed by atoms with Crippen LogP contribution in [0.5, 0.6) is 5.75 Å². The van der Waals surface area contributed by atoms with Crippen molar-refractivity contribution in [2.24, 2.45) is 0 Å². The lowest BCUT2D eigenvalue weighted by Gasteiger charge is -2.17. The second kappa shape index (κ2) is 11.1. The van der Waals surface area contributed by atoms with Crippen molar-refractivity contribution in [3.63, 3.8) is 0 Å². The lowest BCUT2D eigenvalue weighted by molar-refractivity contribution is -0.142. The van der Waals surface area contributed by atoms with Gasteiger partial charge in [0.1, 0.15) is 5.75 Å². The molecule has 0 saturated carbocycles. The molecule has 0 bridgehead atoms. The number of carbonyl (C=O) groups is 2. The van der Waals surface area contributed by atoms with Crippen molar-refractivity contribution >= 4 is 29.3 Å². The molecule has 0 fully saturated rings. The summed E-state index contributed by atoms with van der Waals surface area (Å²) >= 11 is 1.57. The van der Waals surface area contributed by atoms with Gasteiger partial charge < -0.3 is 14.8 Å². The van der Waals surface area contributed by atoms with Gasteiger partial charge in [-0.2, -0.15) is 0 Å². The number of hydrogen-bond donors (Lipinski definition) is 1. The lowest BCUT2D eigenvalue weighted by atomic mass is 10.0. The fourth-order valence-corrected chi connectivity index (χ4v) is 3.95. The van der Waals surface area contributed by atoms with Gasteiger partial charge in [0, 0.05) is 11.8 Å². The van der Waals surface area contributed by atoms with E-state index in [1.165, 1.54) is 7.11 Å². The Bertz CT molecular complexity index is 924. The number of hydrogen-bond acceptors (Lipinski definition) is 5. The Hall–Kier alpha value is -3.25. The minimum atomic E-state index is -0.464. The van der Waals surface area contributed by atoms with Crippen LogP contribution >= 0.6 is 11.8 Å². The van der Waals surface area contributed by atoms with Crippen LogP contribution in [0.1, 0.15) is 16.4 Å². The summed E-state index contributed by atoms with van der Waals surface area (Å²) in [7, 11) is 1.30. The highest BCUT2D eigenvalue weighted by molar-refractivity contribution is 8.00. The molecule has 0 saturated heterocycles. The molecule has 3 aromatic carbocycles. The predicted octanol–water partition coefficient (Wildman–Crippen LogP) is 4.70. The average Bonchev–Trinajstić information content (AvgIpc) is 2.79. The van der Waals surface area contributed by atoms with E-state index in [2.05, 4.69) is 34.3 Å². The molecule has 1 N–H and O–H groups in total. The molecular formula is C24H23NO4S. The monoisotopic (exact) mass is 421 g/mol. The normalized spacial score (nSPS) is 10.5. The van der Waals surface area contributed by atoms with E-state index < -0.39 is 5.97 Å². The molecule has 0 unspecified atom stereocenters. The predicted molar refractivity (Wildman–Crippen MR) is 120 cm³/mol. The number of ether oxygens (including phenoxy) is 2. The zero-order valence-corrected chi connectivity index (χ0v) is 17.4. The number of rotatable bonds is 9. The first-order valence-electron chi connectivity index (χ1n) is 9.46. The first-order chi connectivity index (χ1) is 14.7. The second-order valence-corrected chi connectivity index (χ2v) is 7.55. The molecule has 0 heterocycles.